The second-order valence-electron chi connectivity index (χ2n) is 5.22. The van der Waals surface area contributed by atoms with Crippen molar-refractivity contribution in [2.45, 2.75) is 59.8 Å². The Balaban J connectivity index is 4.23. The van der Waals surface area contributed by atoms with Gasteiger partial charge in [-0.15, -0.1) is 0 Å². The molecule has 0 fully saturated rings. The van der Waals surface area contributed by atoms with Gasteiger partial charge in [0.05, 0.1) is 13.0 Å². The first-order valence-corrected chi connectivity index (χ1v) is 7.44. The topological polar surface area (TPSA) is 46.6 Å². The van der Waals surface area contributed by atoms with Gasteiger partial charge in [0.1, 0.15) is 0 Å². The highest BCUT2D eigenvalue weighted by atomic mass is 16.5. The van der Waals surface area contributed by atoms with Crippen LogP contribution in [-0.2, 0) is 14.3 Å². The van der Waals surface area contributed by atoms with E-state index >= 15 is 0 Å². The number of hydrogen-bond donors (Lipinski definition) is 0. The number of ether oxygens (including phenoxy) is 1. The Bertz CT molecular complexity index is 264. The molecule has 0 aliphatic carbocycles. The Kier molecular flexibility index (Phi) is 10.2. The summed E-state index contributed by atoms with van der Waals surface area (Å²) in [7, 11) is 0. The molecule has 0 aliphatic heterocycles. The van der Waals surface area contributed by atoms with Crippen molar-refractivity contribution in [3.8, 4) is 0 Å². The number of amides is 1. The molecule has 0 aromatic rings. The summed E-state index contributed by atoms with van der Waals surface area (Å²) >= 11 is 0. The minimum Gasteiger partial charge on any atom is -0.466 e. The number of nitrogens with zero attached hydrogens (tertiary/aromatic N) is 1. The van der Waals surface area contributed by atoms with Gasteiger partial charge in [-0.1, -0.05) is 27.2 Å². The summed E-state index contributed by atoms with van der Waals surface area (Å²) < 4.78 is 4.90. The second-order valence-corrected chi connectivity index (χ2v) is 5.22. The molecule has 0 spiro atoms. The third-order valence-corrected chi connectivity index (χ3v) is 2.96. The number of carbonyl (C=O) groups excluding carboxylic acids is 2. The molecule has 0 heterocycles. The molecule has 0 saturated heterocycles. The highest BCUT2D eigenvalue weighted by molar-refractivity contribution is 5.77. The number of unbranched alkanes of at least 4 members (excludes halogenated alkanes) is 1. The molecule has 4 nitrogen and oxygen atoms in total. The fourth-order valence-electron chi connectivity index (χ4n) is 1.72. The van der Waals surface area contributed by atoms with Crippen LogP contribution in [0.25, 0.3) is 0 Å². The summed E-state index contributed by atoms with van der Waals surface area (Å²) in [5.41, 5.74) is 0. The van der Waals surface area contributed by atoms with Gasteiger partial charge >= 0.3 is 5.97 Å². The first-order chi connectivity index (χ1) is 9.01. The van der Waals surface area contributed by atoms with Crippen molar-refractivity contribution in [3.63, 3.8) is 0 Å². The molecule has 0 saturated carbocycles. The van der Waals surface area contributed by atoms with Crippen LogP contribution in [0.1, 0.15) is 59.8 Å². The van der Waals surface area contributed by atoms with Crippen LogP contribution in [0, 0.1) is 5.92 Å². The molecule has 0 unspecified atom stereocenters. The molecule has 0 aliphatic rings. The minimum atomic E-state index is -0.222. The Morgan fingerprint density at radius 3 is 2.32 bits per heavy atom. The average molecular weight is 271 g/mol. The molecule has 4 heteroatoms. The van der Waals surface area contributed by atoms with E-state index < -0.39 is 0 Å². The van der Waals surface area contributed by atoms with Crippen molar-refractivity contribution in [2.75, 3.05) is 19.7 Å². The number of rotatable bonds is 10. The zero-order valence-corrected chi connectivity index (χ0v) is 12.9. The van der Waals surface area contributed by atoms with Crippen molar-refractivity contribution < 1.29 is 14.3 Å². The van der Waals surface area contributed by atoms with Crippen LogP contribution in [0.5, 0.6) is 0 Å². The summed E-state index contributed by atoms with van der Waals surface area (Å²) in [6.45, 7) is 9.76. The zero-order chi connectivity index (χ0) is 14.7. The Hall–Kier alpha value is -1.06. The van der Waals surface area contributed by atoms with Crippen molar-refractivity contribution in [1.29, 1.82) is 0 Å². The van der Waals surface area contributed by atoms with E-state index in [-0.39, 0.29) is 11.9 Å². The van der Waals surface area contributed by atoms with Gasteiger partial charge in [-0.25, -0.2) is 0 Å². The molecule has 0 aromatic carbocycles. The highest BCUT2D eigenvalue weighted by Gasteiger charge is 2.15. The van der Waals surface area contributed by atoms with Gasteiger partial charge in [0.15, 0.2) is 0 Å². The summed E-state index contributed by atoms with van der Waals surface area (Å²) in [5, 5.41) is 0. The normalized spacial score (nSPS) is 10.6. The van der Waals surface area contributed by atoms with E-state index in [2.05, 4.69) is 20.8 Å². The van der Waals surface area contributed by atoms with Crippen molar-refractivity contribution in [1.82, 2.24) is 4.90 Å². The van der Waals surface area contributed by atoms with E-state index in [9.17, 15) is 9.59 Å². The predicted octanol–water partition coefficient (Wildman–Crippen LogP) is 3.00. The molecule has 0 N–H and O–H groups in total. The maximum absolute atomic E-state index is 12.1. The maximum atomic E-state index is 12.1. The molecule has 0 aromatic heterocycles. The van der Waals surface area contributed by atoms with Crippen LogP contribution in [0.4, 0.5) is 0 Å². The Morgan fingerprint density at radius 2 is 1.79 bits per heavy atom. The molecule has 0 radical (unpaired) electrons. The maximum Gasteiger partial charge on any atom is 0.307 e. The zero-order valence-electron chi connectivity index (χ0n) is 12.9. The molecule has 1 amide bonds. The highest BCUT2D eigenvalue weighted by Crippen LogP contribution is 2.07. The van der Waals surface area contributed by atoms with Crippen LogP contribution in [0.15, 0.2) is 0 Å². The average Bonchev–Trinajstić information content (AvgIpc) is 2.36. The Labute approximate surface area is 117 Å². The third-order valence-electron chi connectivity index (χ3n) is 2.96. The molecule has 0 bridgehead atoms. The monoisotopic (exact) mass is 271 g/mol. The number of carbonyl (C=O) groups is 2. The van der Waals surface area contributed by atoms with Gasteiger partial charge in [-0.2, -0.15) is 0 Å². The van der Waals surface area contributed by atoms with E-state index in [1.165, 1.54) is 0 Å². The lowest BCUT2D eigenvalue weighted by molar-refractivity contribution is -0.144. The third kappa shape index (κ3) is 9.51. The van der Waals surface area contributed by atoms with E-state index in [1.807, 2.05) is 4.90 Å². The van der Waals surface area contributed by atoms with E-state index in [0.717, 1.165) is 25.8 Å². The van der Waals surface area contributed by atoms with Crippen molar-refractivity contribution in [3.05, 3.63) is 0 Å². The molecule has 112 valence electrons. The summed E-state index contributed by atoms with van der Waals surface area (Å²) in [6, 6.07) is 0. The molecule has 0 rings (SSSR count). The van der Waals surface area contributed by atoms with Crippen molar-refractivity contribution in [2.24, 2.45) is 5.92 Å². The van der Waals surface area contributed by atoms with Gasteiger partial charge in [0.25, 0.3) is 0 Å². The second kappa shape index (κ2) is 10.8. The minimum absolute atomic E-state index is 0.159. The van der Waals surface area contributed by atoms with Crippen LogP contribution >= 0.6 is 0 Å². The number of hydrogen-bond acceptors (Lipinski definition) is 3. The first-order valence-electron chi connectivity index (χ1n) is 7.44. The van der Waals surface area contributed by atoms with Crippen molar-refractivity contribution >= 4 is 11.9 Å². The van der Waals surface area contributed by atoms with Gasteiger partial charge in [-0.05, 0) is 25.7 Å². The van der Waals surface area contributed by atoms with E-state index in [1.54, 1.807) is 6.92 Å². The van der Waals surface area contributed by atoms with Crippen LogP contribution < -0.4 is 0 Å². The van der Waals surface area contributed by atoms with Gasteiger partial charge in [0, 0.05) is 19.5 Å². The largest absolute Gasteiger partial charge is 0.466 e. The van der Waals surface area contributed by atoms with Gasteiger partial charge in [-0.3, -0.25) is 9.59 Å². The SMILES string of the molecule is CCCCC(=O)N(CCC(=O)OCC)CCC(C)C. The molecule has 19 heavy (non-hydrogen) atoms. The fourth-order valence-corrected chi connectivity index (χ4v) is 1.72. The van der Waals surface area contributed by atoms with Gasteiger partial charge in [0.2, 0.25) is 5.91 Å². The smallest absolute Gasteiger partial charge is 0.307 e. The van der Waals surface area contributed by atoms with Crippen LogP contribution in [0.3, 0.4) is 0 Å². The predicted molar refractivity (Wildman–Crippen MR) is 76.8 cm³/mol. The summed E-state index contributed by atoms with van der Waals surface area (Å²) in [4.78, 5) is 25.2. The van der Waals surface area contributed by atoms with Crippen LogP contribution in [-0.4, -0.2) is 36.5 Å². The van der Waals surface area contributed by atoms with E-state index in [0.29, 0.717) is 31.9 Å². The first kappa shape index (κ1) is 17.9. The summed E-state index contributed by atoms with van der Waals surface area (Å²) in [6.07, 6.45) is 3.78. The molecular formula is C15H29NO3. The fraction of sp³-hybridized carbons (Fsp3) is 0.867. The lowest BCUT2D eigenvalue weighted by Crippen LogP contribution is -2.34. The van der Waals surface area contributed by atoms with Crippen LogP contribution in [0.2, 0.25) is 0 Å². The molecular weight excluding hydrogens is 242 g/mol. The quantitative estimate of drug-likeness (QED) is 0.574. The number of esters is 1. The molecule has 0 atom stereocenters. The standard InChI is InChI=1S/C15H29NO3/c1-5-7-8-14(17)16(11-9-13(3)4)12-10-15(18)19-6-2/h13H,5-12H2,1-4H3. The van der Waals surface area contributed by atoms with E-state index in [4.69, 9.17) is 4.74 Å². The lowest BCUT2D eigenvalue weighted by Gasteiger charge is -2.23. The van der Waals surface area contributed by atoms with Gasteiger partial charge < -0.3 is 9.64 Å². The lowest BCUT2D eigenvalue weighted by atomic mass is 10.1. The Morgan fingerprint density at radius 1 is 1.11 bits per heavy atom. The summed E-state index contributed by atoms with van der Waals surface area (Å²) in [5.74, 6) is 0.496.